The molecule has 2 amide bonds. The Kier molecular flexibility index (Phi) is 7.37. The molecule has 4 aliphatic rings. The largest absolute Gasteiger partial charge is 0.444 e. The highest BCUT2D eigenvalue weighted by atomic mass is 16.6. The number of aromatic amines is 2. The first kappa shape index (κ1) is 32.8. The molecule has 0 bridgehead atoms. The molecule has 10 heteroatoms. The SMILES string of the molecule is CC(C)(C)OC(=O)N1[C@@H]2C[C@@H]2C[C@H]1c1ncc(-c2ccc(-c3ccc4cc(-c5cnc([C@@H]6C[C@H]7C[C@H]7N6C(=O)OC(C)(C)C)[nH]5)ccc4c3)cc2)[nH]1. The van der Waals surface area contributed by atoms with Crippen LogP contribution < -0.4 is 0 Å². The molecule has 52 heavy (non-hydrogen) atoms. The number of ether oxygens (including phenoxy) is 2. The summed E-state index contributed by atoms with van der Waals surface area (Å²) in [5.41, 5.74) is 5.17. The van der Waals surface area contributed by atoms with Gasteiger partial charge in [-0.3, -0.25) is 9.80 Å². The summed E-state index contributed by atoms with van der Waals surface area (Å²) in [6.07, 6.45) is 7.15. The quantitative estimate of drug-likeness (QED) is 0.189. The number of fused-ring (bicyclic) bond motifs is 3. The van der Waals surface area contributed by atoms with Crippen molar-refractivity contribution in [3.63, 3.8) is 0 Å². The molecule has 2 saturated heterocycles. The molecule has 6 atom stereocenters. The summed E-state index contributed by atoms with van der Waals surface area (Å²) in [4.78, 5) is 46.4. The third kappa shape index (κ3) is 6.11. The first-order chi connectivity index (χ1) is 24.8. The van der Waals surface area contributed by atoms with Crippen molar-refractivity contribution in [2.24, 2.45) is 11.8 Å². The lowest BCUT2D eigenvalue weighted by Crippen LogP contribution is -2.38. The standard InChI is InChI=1S/C42H46N6O4/c1-41(2,3)51-39(49)47-33-17-29(33)19-35(47)37-43-21-31(45-37)24-9-7-23(8-10-24)25-11-12-27-16-28(14-13-26(27)15-25)32-22-44-38(46-32)36-20-30-18-34(30)48(36)40(50)52-42(4,5)6/h7-16,21-22,29-30,33-36H,17-20H2,1-6H3,(H,43,45)(H,44,46)/t29-,30-,33-,34-,35+,36+/m1/s1. The Balaban J connectivity index is 0.890. The summed E-state index contributed by atoms with van der Waals surface area (Å²) in [7, 11) is 0. The molecule has 2 aliphatic carbocycles. The Morgan fingerprint density at radius 1 is 0.596 bits per heavy atom. The van der Waals surface area contributed by atoms with Crippen LogP contribution in [0, 0.1) is 11.8 Å². The molecule has 2 aromatic heterocycles. The number of hydrogen-bond donors (Lipinski definition) is 2. The predicted octanol–water partition coefficient (Wildman–Crippen LogP) is 9.43. The van der Waals surface area contributed by atoms with E-state index in [4.69, 9.17) is 19.4 Å². The maximum Gasteiger partial charge on any atom is 0.411 e. The van der Waals surface area contributed by atoms with Crippen molar-refractivity contribution in [2.45, 2.75) is 103 Å². The lowest BCUT2D eigenvalue weighted by Gasteiger charge is -2.29. The maximum absolute atomic E-state index is 13.1. The van der Waals surface area contributed by atoms with Gasteiger partial charge in [0.2, 0.25) is 0 Å². The second-order valence-corrected chi connectivity index (χ2v) is 17.1. The highest BCUT2D eigenvalue weighted by Gasteiger charge is 2.57. The van der Waals surface area contributed by atoms with Crippen LogP contribution in [0.4, 0.5) is 9.59 Å². The average molecular weight is 699 g/mol. The highest BCUT2D eigenvalue weighted by molar-refractivity contribution is 5.90. The second kappa shape index (κ2) is 11.7. The van der Waals surface area contributed by atoms with Gasteiger partial charge in [0.15, 0.2) is 0 Å². The van der Waals surface area contributed by atoms with Crippen LogP contribution in [0.3, 0.4) is 0 Å². The number of aromatic nitrogens is 4. The Morgan fingerprint density at radius 2 is 1.02 bits per heavy atom. The van der Waals surface area contributed by atoms with Crippen molar-refractivity contribution in [1.82, 2.24) is 29.7 Å². The van der Waals surface area contributed by atoms with E-state index in [0.29, 0.717) is 11.8 Å². The topological polar surface area (TPSA) is 116 Å². The van der Waals surface area contributed by atoms with Crippen LogP contribution in [-0.2, 0) is 9.47 Å². The van der Waals surface area contributed by atoms with E-state index in [-0.39, 0.29) is 36.4 Å². The van der Waals surface area contributed by atoms with Gasteiger partial charge in [0, 0.05) is 17.6 Å². The summed E-state index contributed by atoms with van der Waals surface area (Å²) in [5.74, 6) is 2.69. The van der Waals surface area contributed by atoms with Gasteiger partial charge in [0.05, 0.1) is 35.9 Å². The van der Waals surface area contributed by atoms with E-state index in [1.165, 1.54) is 0 Å². The summed E-state index contributed by atoms with van der Waals surface area (Å²) in [6.45, 7) is 11.4. The molecule has 5 aromatic rings. The number of H-pyrrole nitrogens is 2. The molecular weight excluding hydrogens is 652 g/mol. The van der Waals surface area contributed by atoms with E-state index in [2.05, 4.69) is 70.6 Å². The van der Waals surface area contributed by atoms with Crippen molar-refractivity contribution in [2.75, 3.05) is 0 Å². The van der Waals surface area contributed by atoms with Crippen molar-refractivity contribution in [3.05, 3.63) is 84.7 Å². The number of nitrogens with zero attached hydrogens (tertiary/aromatic N) is 4. The fraction of sp³-hybridized carbons (Fsp3) is 0.429. The van der Waals surface area contributed by atoms with Gasteiger partial charge in [-0.1, -0.05) is 48.5 Å². The van der Waals surface area contributed by atoms with Gasteiger partial charge in [-0.25, -0.2) is 19.6 Å². The van der Waals surface area contributed by atoms with Gasteiger partial charge in [-0.15, -0.1) is 0 Å². The third-order valence-electron chi connectivity index (χ3n) is 10.9. The fourth-order valence-electron chi connectivity index (χ4n) is 8.30. The molecule has 2 N–H and O–H groups in total. The molecule has 10 nitrogen and oxygen atoms in total. The van der Waals surface area contributed by atoms with Crippen LogP contribution in [0.1, 0.15) is 91.0 Å². The molecule has 0 unspecified atom stereocenters. The van der Waals surface area contributed by atoms with Crippen LogP contribution >= 0.6 is 0 Å². The Morgan fingerprint density at radius 3 is 1.52 bits per heavy atom. The summed E-state index contributed by atoms with van der Waals surface area (Å²) >= 11 is 0. The van der Waals surface area contributed by atoms with Crippen molar-refractivity contribution in [1.29, 1.82) is 0 Å². The number of amides is 2. The fourth-order valence-corrected chi connectivity index (χ4v) is 8.30. The lowest BCUT2D eigenvalue weighted by atomic mass is 9.98. The molecule has 9 rings (SSSR count). The van der Waals surface area contributed by atoms with Gasteiger partial charge in [0.1, 0.15) is 22.9 Å². The summed E-state index contributed by atoms with van der Waals surface area (Å²) in [6, 6.07) is 21.9. The predicted molar refractivity (Wildman–Crippen MR) is 199 cm³/mol. The molecule has 2 aliphatic heterocycles. The monoisotopic (exact) mass is 698 g/mol. The van der Waals surface area contributed by atoms with E-state index in [1.54, 1.807) is 0 Å². The van der Waals surface area contributed by atoms with Gasteiger partial charge in [-0.2, -0.15) is 0 Å². The Labute approximate surface area is 303 Å². The van der Waals surface area contributed by atoms with E-state index >= 15 is 0 Å². The molecule has 0 spiro atoms. The minimum atomic E-state index is -0.535. The number of carbonyl (C=O) groups excluding carboxylic acids is 2. The number of carbonyl (C=O) groups is 2. The molecule has 2 saturated carbocycles. The van der Waals surface area contributed by atoms with Crippen molar-refractivity contribution >= 4 is 23.0 Å². The maximum atomic E-state index is 13.1. The smallest absolute Gasteiger partial charge is 0.411 e. The number of hydrogen-bond acceptors (Lipinski definition) is 6. The van der Waals surface area contributed by atoms with E-state index in [1.807, 2.05) is 63.7 Å². The number of benzene rings is 3. The number of piperidine rings is 2. The Hall–Kier alpha value is -5.12. The summed E-state index contributed by atoms with van der Waals surface area (Å²) in [5, 5.41) is 2.29. The molecule has 3 aromatic carbocycles. The number of rotatable bonds is 5. The van der Waals surface area contributed by atoms with Gasteiger partial charge >= 0.3 is 12.2 Å². The van der Waals surface area contributed by atoms with Crippen molar-refractivity contribution in [3.8, 4) is 33.6 Å². The Bertz CT molecular complexity index is 2190. The second-order valence-electron chi connectivity index (χ2n) is 17.1. The van der Waals surface area contributed by atoms with E-state index in [9.17, 15) is 9.59 Å². The van der Waals surface area contributed by atoms with Crippen LogP contribution in [0.2, 0.25) is 0 Å². The molecule has 4 heterocycles. The van der Waals surface area contributed by atoms with Crippen molar-refractivity contribution < 1.29 is 19.1 Å². The number of likely N-dealkylation sites (tertiary alicyclic amines) is 2. The normalized spacial score (nSPS) is 24.9. The minimum absolute atomic E-state index is 0.0904. The van der Waals surface area contributed by atoms with Gasteiger partial charge in [-0.05, 0) is 119 Å². The van der Waals surface area contributed by atoms with Crippen LogP contribution in [0.25, 0.3) is 44.4 Å². The zero-order valence-corrected chi connectivity index (χ0v) is 30.6. The highest BCUT2D eigenvalue weighted by Crippen LogP contribution is 2.54. The van der Waals surface area contributed by atoms with Crippen LogP contribution in [-0.4, -0.2) is 65.2 Å². The first-order valence-corrected chi connectivity index (χ1v) is 18.6. The van der Waals surface area contributed by atoms with E-state index < -0.39 is 11.2 Å². The third-order valence-corrected chi connectivity index (χ3v) is 10.9. The molecule has 4 fully saturated rings. The zero-order chi connectivity index (χ0) is 36.1. The lowest BCUT2D eigenvalue weighted by molar-refractivity contribution is 0.0164. The summed E-state index contributed by atoms with van der Waals surface area (Å²) < 4.78 is 11.5. The van der Waals surface area contributed by atoms with Gasteiger partial charge < -0.3 is 19.4 Å². The number of imidazole rings is 2. The molecule has 0 radical (unpaired) electrons. The average Bonchev–Trinajstić information content (AvgIpc) is 3.68. The zero-order valence-electron chi connectivity index (χ0n) is 30.6. The first-order valence-electron chi connectivity index (χ1n) is 18.6. The van der Waals surface area contributed by atoms with Crippen LogP contribution in [0.15, 0.2) is 73.1 Å². The van der Waals surface area contributed by atoms with Gasteiger partial charge in [0.25, 0.3) is 0 Å². The molecule has 268 valence electrons. The molecular formula is C42H46N6O4. The minimum Gasteiger partial charge on any atom is -0.444 e. The van der Waals surface area contributed by atoms with Crippen LogP contribution in [0.5, 0.6) is 0 Å². The number of nitrogens with one attached hydrogen (secondary N) is 2. The van der Waals surface area contributed by atoms with E-state index in [0.717, 1.165) is 81.7 Å².